The lowest BCUT2D eigenvalue weighted by molar-refractivity contribution is -0.137. The highest BCUT2D eigenvalue weighted by molar-refractivity contribution is 6.09. The lowest BCUT2D eigenvalue weighted by Gasteiger charge is -2.36. The van der Waals surface area contributed by atoms with Gasteiger partial charge in [-0.1, -0.05) is 0 Å². The van der Waals surface area contributed by atoms with Crippen molar-refractivity contribution in [1.29, 1.82) is 0 Å². The van der Waals surface area contributed by atoms with Gasteiger partial charge in [0, 0.05) is 30.4 Å². The number of aromatic amines is 1. The number of nitrogens with zero attached hydrogens (tertiary/aromatic N) is 3. The smallest absolute Gasteiger partial charge is 0.255 e. The van der Waals surface area contributed by atoms with Gasteiger partial charge < -0.3 is 30.2 Å². The Morgan fingerprint density at radius 1 is 1.28 bits per heavy atom. The van der Waals surface area contributed by atoms with Crippen LogP contribution in [0.2, 0.25) is 0 Å². The van der Waals surface area contributed by atoms with Crippen LogP contribution in [0.15, 0.2) is 24.5 Å². The van der Waals surface area contributed by atoms with Crippen molar-refractivity contribution < 1.29 is 28.9 Å². The maximum atomic E-state index is 14.0. The average Bonchev–Trinajstić information content (AvgIpc) is 3.63. The highest BCUT2D eigenvalue weighted by Gasteiger charge is 2.32. The summed E-state index contributed by atoms with van der Waals surface area (Å²) in [6.45, 7) is 1.97. The van der Waals surface area contributed by atoms with Gasteiger partial charge in [-0.05, 0) is 44.2 Å². The molecule has 2 fully saturated rings. The van der Waals surface area contributed by atoms with Crippen LogP contribution in [0.3, 0.4) is 0 Å². The Morgan fingerprint density at radius 2 is 2.08 bits per heavy atom. The molecule has 2 atom stereocenters. The van der Waals surface area contributed by atoms with Crippen LogP contribution in [0.5, 0.6) is 5.75 Å². The fourth-order valence-corrected chi connectivity index (χ4v) is 4.57. The van der Waals surface area contributed by atoms with Crippen LogP contribution in [0.1, 0.15) is 35.3 Å². The number of aliphatic hydroxyl groups excluding tert-OH is 2. The molecule has 10 nitrogen and oxygen atoms in total. The molecule has 1 saturated carbocycles. The fraction of sp³-hybridized carbons (Fsp3) is 0.440. The number of ether oxygens (including phenoxy) is 1. The number of nitrogens with one attached hydrogen (secondary N) is 2. The van der Waals surface area contributed by atoms with E-state index in [-0.39, 0.29) is 6.54 Å². The van der Waals surface area contributed by atoms with E-state index in [4.69, 9.17) is 9.84 Å². The molecule has 5 rings (SSSR count). The van der Waals surface area contributed by atoms with Gasteiger partial charge in [-0.3, -0.25) is 9.59 Å². The first-order valence-electron chi connectivity index (χ1n) is 12.0. The summed E-state index contributed by atoms with van der Waals surface area (Å²) < 4.78 is 19.9. The number of fused-ring (bicyclic) bond motifs is 1. The molecule has 0 radical (unpaired) electrons. The summed E-state index contributed by atoms with van der Waals surface area (Å²) in [5, 5.41) is 22.4. The van der Waals surface area contributed by atoms with E-state index in [0.29, 0.717) is 64.8 Å². The number of β-amino-alcohol motifs (C(OH)–C–C–N with tert-alkyl or cyclic N) is 1. The third-order valence-corrected chi connectivity index (χ3v) is 6.76. The lowest BCUT2D eigenvalue weighted by Crippen LogP contribution is -2.55. The van der Waals surface area contributed by atoms with Crippen LogP contribution in [-0.2, 0) is 4.79 Å². The first-order valence-corrected chi connectivity index (χ1v) is 12.0. The molecule has 2 aliphatic rings. The number of hydrogen-bond donors (Lipinski definition) is 4. The zero-order valence-corrected chi connectivity index (χ0v) is 19.8. The van der Waals surface area contributed by atoms with E-state index in [9.17, 15) is 19.1 Å². The van der Waals surface area contributed by atoms with Gasteiger partial charge in [-0.2, -0.15) is 0 Å². The molecule has 190 valence electrons. The third kappa shape index (κ3) is 4.76. The first-order chi connectivity index (χ1) is 17.4. The molecular formula is C25H28FN5O5. The summed E-state index contributed by atoms with van der Waals surface area (Å²) >= 11 is 0. The second-order valence-corrected chi connectivity index (χ2v) is 9.40. The minimum atomic E-state index is -0.973. The molecule has 3 aromatic rings. The molecule has 4 N–H and O–H groups in total. The van der Waals surface area contributed by atoms with Gasteiger partial charge in [0.25, 0.3) is 5.91 Å². The maximum absolute atomic E-state index is 14.0. The number of amides is 2. The van der Waals surface area contributed by atoms with Gasteiger partial charge in [-0.25, -0.2) is 14.4 Å². The van der Waals surface area contributed by atoms with E-state index in [2.05, 4.69) is 20.3 Å². The number of carbonyl (C=O) groups excluding carboxylic acids is 2. The second-order valence-electron chi connectivity index (χ2n) is 9.40. The van der Waals surface area contributed by atoms with Crippen molar-refractivity contribution in [3.05, 3.63) is 41.6 Å². The van der Waals surface area contributed by atoms with E-state index < -0.39 is 36.4 Å². The number of carbonyl (C=O) groups is 2. The van der Waals surface area contributed by atoms with Crippen LogP contribution < -0.4 is 10.1 Å². The predicted octanol–water partition coefficient (Wildman–Crippen LogP) is 1.55. The summed E-state index contributed by atoms with van der Waals surface area (Å²) in [4.78, 5) is 38.3. The number of halogens is 1. The minimum Gasteiger partial charge on any atom is -0.492 e. The van der Waals surface area contributed by atoms with Crippen molar-refractivity contribution in [2.24, 2.45) is 5.92 Å². The maximum Gasteiger partial charge on any atom is 0.255 e. The van der Waals surface area contributed by atoms with Gasteiger partial charge in [0.05, 0.1) is 29.8 Å². The predicted molar refractivity (Wildman–Crippen MR) is 128 cm³/mol. The first kappa shape index (κ1) is 24.1. The molecular weight excluding hydrogens is 469 g/mol. The summed E-state index contributed by atoms with van der Waals surface area (Å²) in [6.07, 6.45) is 2.92. The normalized spacial score (nSPS) is 19.9. The molecule has 2 aromatic heterocycles. The number of benzene rings is 1. The molecule has 1 aromatic carbocycles. The van der Waals surface area contributed by atoms with E-state index in [1.165, 1.54) is 23.4 Å². The lowest BCUT2D eigenvalue weighted by atomic mass is 10.0. The molecule has 3 heterocycles. The largest absolute Gasteiger partial charge is 0.492 e. The SMILES string of the molecule is Cc1[nH]c2c(-c3ccc(F)cc3OCC3CC3)ncnc2c1C(=O)N[C@H]1CCN(C(=O)CO)C[C@@H]1O. The van der Waals surface area contributed by atoms with E-state index >= 15 is 0 Å². The number of likely N-dealkylation sites (tertiary alicyclic amines) is 1. The molecule has 11 heteroatoms. The highest BCUT2D eigenvalue weighted by Crippen LogP contribution is 2.36. The van der Waals surface area contributed by atoms with Gasteiger partial charge in [0.1, 0.15) is 35.7 Å². The number of aliphatic hydroxyl groups is 2. The number of aromatic nitrogens is 3. The van der Waals surface area contributed by atoms with Crippen LogP contribution in [0.25, 0.3) is 22.3 Å². The summed E-state index contributed by atoms with van der Waals surface area (Å²) in [5.74, 6) is -0.426. The monoisotopic (exact) mass is 497 g/mol. The van der Waals surface area contributed by atoms with Crippen molar-refractivity contribution in [3.8, 4) is 17.0 Å². The highest BCUT2D eigenvalue weighted by atomic mass is 19.1. The Bertz CT molecular complexity index is 1310. The molecule has 1 aliphatic heterocycles. The van der Waals surface area contributed by atoms with Crippen molar-refractivity contribution in [1.82, 2.24) is 25.2 Å². The molecule has 0 unspecified atom stereocenters. The second kappa shape index (κ2) is 9.82. The van der Waals surface area contributed by atoms with E-state index in [1.54, 1.807) is 13.0 Å². The zero-order chi connectivity index (χ0) is 25.4. The Hall–Kier alpha value is -3.57. The van der Waals surface area contributed by atoms with Crippen molar-refractivity contribution >= 4 is 22.8 Å². The van der Waals surface area contributed by atoms with Crippen molar-refractivity contribution in [3.63, 3.8) is 0 Å². The number of piperidine rings is 1. The third-order valence-electron chi connectivity index (χ3n) is 6.76. The van der Waals surface area contributed by atoms with Crippen LogP contribution >= 0.6 is 0 Å². The van der Waals surface area contributed by atoms with E-state index in [0.717, 1.165) is 12.8 Å². The summed E-state index contributed by atoms with van der Waals surface area (Å²) in [6, 6.07) is 3.72. The summed E-state index contributed by atoms with van der Waals surface area (Å²) in [5.41, 5.74) is 2.88. The number of aryl methyl sites for hydroxylation is 1. The van der Waals surface area contributed by atoms with Gasteiger partial charge in [-0.15, -0.1) is 0 Å². The van der Waals surface area contributed by atoms with Crippen molar-refractivity contribution in [2.75, 3.05) is 26.3 Å². The number of H-pyrrole nitrogens is 1. The fourth-order valence-electron chi connectivity index (χ4n) is 4.57. The molecule has 36 heavy (non-hydrogen) atoms. The van der Waals surface area contributed by atoms with Crippen molar-refractivity contribution in [2.45, 2.75) is 38.3 Å². The Labute approximate surface area is 206 Å². The number of hydrogen-bond acceptors (Lipinski definition) is 7. The van der Waals surface area contributed by atoms with Gasteiger partial charge in [0.15, 0.2) is 0 Å². The quantitative estimate of drug-likeness (QED) is 0.388. The standard InChI is InChI=1S/C25H28FN5O5/c1-13-21(25(35)30-17-6-7-31(9-18(17)33)20(34)10-32)23-24(29-13)22(27-12-28-23)16-5-4-15(26)8-19(16)36-11-14-2-3-14/h4-5,8,12,14,17-18,29,32-33H,2-3,6-7,9-11H2,1H3,(H,30,35)/t17-,18-/m0/s1. The van der Waals surface area contributed by atoms with Crippen LogP contribution in [0.4, 0.5) is 4.39 Å². The Morgan fingerprint density at radius 3 is 2.81 bits per heavy atom. The van der Waals surface area contributed by atoms with Gasteiger partial charge >= 0.3 is 0 Å². The van der Waals surface area contributed by atoms with Crippen LogP contribution in [0, 0.1) is 18.7 Å². The minimum absolute atomic E-state index is 0.0255. The average molecular weight is 498 g/mol. The van der Waals surface area contributed by atoms with Crippen LogP contribution in [-0.4, -0.2) is 80.3 Å². The Kier molecular flexibility index (Phi) is 6.59. The number of rotatable bonds is 7. The topological polar surface area (TPSA) is 141 Å². The molecule has 1 saturated heterocycles. The molecule has 0 spiro atoms. The van der Waals surface area contributed by atoms with Gasteiger partial charge in [0.2, 0.25) is 5.91 Å². The van der Waals surface area contributed by atoms with E-state index in [1.807, 2.05) is 0 Å². The zero-order valence-electron chi connectivity index (χ0n) is 19.8. The Balaban J connectivity index is 1.42. The summed E-state index contributed by atoms with van der Waals surface area (Å²) in [7, 11) is 0. The molecule has 1 aliphatic carbocycles. The molecule has 0 bridgehead atoms. The molecule has 2 amide bonds.